The van der Waals surface area contributed by atoms with Crippen LogP contribution >= 0.6 is 0 Å². The molecular formula is C18H16N2O3. The molecule has 116 valence electrons. The summed E-state index contributed by atoms with van der Waals surface area (Å²) in [6, 6.07) is 15.5. The SMILES string of the molecule is CN(C)c1ccc(C(=O)Nc2ccc3oc(=O)ccc3c2)cc1. The Morgan fingerprint density at radius 1 is 1.00 bits per heavy atom. The van der Waals surface area contributed by atoms with Gasteiger partial charge in [0.2, 0.25) is 0 Å². The minimum absolute atomic E-state index is 0.188. The molecule has 0 saturated carbocycles. The van der Waals surface area contributed by atoms with E-state index in [9.17, 15) is 9.59 Å². The number of carbonyl (C=O) groups is 1. The third-order valence-corrected chi connectivity index (χ3v) is 3.52. The molecule has 0 atom stereocenters. The predicted octanol–water partition coefficient (Wildman–Crippen LogP) is 3.11. The molecule has 0 aliphatic rings. The molecule has 1 heterocycles. The number of carbonyl (C=O) groups excluding carboxylic acids is 1. The molecule has 0 aliphatic carbocycles. The molecule has 2 aromatic carbocycles. The topological polar surface area (TPSA) is 62.6 Å². The molecule has 0 unspecified atom stereocenters. The van der Waals surface area contributed by atoms with E-state index in [1.54, 1.807) is 36.4 Å². The van der Waals surface area contributed by atoms with E-state index < -0.39 is 5.63 Å². The summed E-state index contributed by atoms with van der Waals surface area (Å²) in [5.74, 6) is -0.188. The quantitative estimate of drug-likeness (QED) is 0.755. The number of nitrogens with one attached hydrogen (secondary N) is 1. The van der Waals surface area contributed by atoms with Crippen molar-refractivity contribution in [2.24, 2.45) is 0 Å². The van der Waals surface area contributed by atoms with Crippen molar-refractivity contribution in [2.45, 2.75) is 0 Å². The maximum absolute atomic E-state index is 12.3. The summed E-state index contributed by atoms with van der Waals surface area (Å²) < 4.78 is 5.07. The zero-order valence-corrected chi connectivity index (χ0v) is 12.9. The van der Waals surface area contributed by atoms with Gasteiger partial charge < -0.3 is 14.6 Å². The van der Waals surface area contributed by atoms with Gasteiger partial charge in [-0.05, 0) is 48.5 Å². The Hall–Kier alpha value is -3.08. The molecule has 0 bridgehead atoms. The summed E-state index contributed by atoms with van der Waals surface area (Å²) in [5, 5.41) is 3.60. The van der Waals surface area contributed by atoms with Gasteiger partial charge in [0.15, 0.2) is 0 Å². The molecule has 23 heavy (non-hydrogen) atoms. The lowest BCUT2D eigenvalue weighted by atomic mass is 10.1. The minimum atomic E-state index is -0.393. The van der Waals surface area contributed by atoms with Gasteiger partial charge in [-0.2, -0.15) is 0 Å². The van der Waals surface area contributed by atoms with Crippen LogP contribution in [0.15, 0.2) is 63.8 Å². The molecule has 0 radical (unpaired) electrons. The molecule has 1 aromatic heterocycles. The predicted molar refractivity (Wildman–Crippen MR) is 91.2 cm³/mol. The van der Waals surface area contributed by atoms with Gasteiger partial charge in [-0.3, -0.25) is 4.79 Å². The van der Waals surface area contributed by atoms with Crippen LogP contribution in [0.4, 0.5) is 11.4 Å². The number of rotatable bonds is 3. The first-order valence-corrected chi connectivity index (χ1v) is 7.15. The van der Waals surface area contributed by atoms with Crippen LogP contribution in [-0.4, -0.2) is 20.0 Å². The zero-order valence-electron chi connectivity index (χ0n) is 12.9. The number of nitrogens with zero attached hydrogens (tertiary/aromatic N) is 1. The van der Waals surface area contributed by atoms with E-state index in [0.29, 0.717) is 16.8 Å². The summed E-state index contributed by atoms with van der Waals surface area (Å²) in [7, 11) is 3.89. The fourth-order valence-electron chi connectivity index (χ4n) is 2.26. The minimum Gasteiger partial charge on any atom is -0.423 e. The lowest BCUT2D eigenvalue weighted by Gasteiger charge is -2.12. The third kappa shape index (κ3) is 3.23. The number of amides is 1. The van der Waals surface area contributed by atoms with Crippen molar-refractivity contribution in [1.82, 2.24) is 0 Å². The Balaban J connectivity index is 1.82. The number of fused-ring (bicyclic) bond motifs is 1. The molecular weight excluding hydrogens is 292 g/mol. The van der Waals surface area contributed by atoms with E-state index in [4.69, 9.17) is 4.42 Å². The largest absolute Gasteiger partial charge is 0.423 e. The fraction of sp³-hybridized carbons (Fsp3) is 0.111. The maximum Gasteiger partial charge on any atom is 0.336 e. The molecule has 3 rings (SSSR count). The smallest absolute Gasteiger partial charge is 0.336 e. The third-order valence-electron chi connectivity index (χ3n) is 3.52. The molecule has 0 fully saturated rings. The van der Waals surface area contributed by atoms with Crippen LogP contribution in [0.25, 0.3) is 11.0 Å². The fourth-order valence-corrected chi connectivity index (χ4v) is 2.26. The van der Waals surface area contributed by atoms with Gasteiger partial charge in [0.05, 0.1) is 0 Å². The zero-order chi connectivity index (χ0) is 16.4. The van der Waals surface area contributed by atoms with Gasteiger partial charge in [0, 0.05) is 42.5 Å². The van der Waals surface area contributed by atoms with Crippen LogP contribution < -0.4 is 15.8 Å². The van der Waals surface area contributed by atoms with E-state index in [0.717, 1.165) is 11.1 Å². The first-order valence-electron chi connectivity index (χ1n) is 7.15. The van der Waals surface area contributed by atoms with Crippen LogP contribution in [0.3, 0.4) is 0 Å². The van der Waals surface area contributed by atoms with Crippen LogP contribution in [-0.2, 0) is 0 Å². The highest BCUT2D eigenvalue weighted by atomic mass is 16.4. The molecule has 3 aromatic rings. The van der Waals surface area contributed by atoms with E-state index in [1.807, 2.05) is 31.1 Å². The van der Waals surface area contributed by atoms with Crippen molar-refractivity contribution < 1.29 is 9.21 Å². The lowest BCUT2D eigenvalue weighted by Crippen LogP contribution is -2.13. The van der Waals surface area contributed by atoms with Crippen molar-refractivity contribution in [3.8, 4) is 0 Å². The van der Waals surface area contributed by atoms with Crippen molar-refractivity contribution in [2.75, 3.05) is 24.3 Å². The van der Waals surface area contributed by atoms with Crippen LogP contribution in [0.2, 0.25) is 0 Å². The highest BCUT2D eigenvalue weighted by Crippen LogP contribution is 2.19. The monoisotopic (exact) mass is 308 g/mol. The summed E-state index contributed by atoms with van der Waals surface area (Å²) >= 11 is 0. The van der Waals surface area contributed by atoms with Crippen LogP contribution in [0.1, 0.15) is 10.4 Å². The number of anilines is 2. The van der Waals surface area contributed by atoms with Gasteiger partial charge in [-0.25, -0.2) is 4.79 Å². The Morgan fingerprint density at radius 3 is 2.43 bits per heavy atom. The Bertz CT molecular complexity index is 911. The molecule has 1 amide bonds. The molecule has 1 N–H and O–H groups in total. The molecule has 5 nitrogen and oxygen atoms in total. The Morgan fingerprint density at radius 2 is 1.74 bits per heavy atom. The number of hydrogen-bond donors (Lipinski definition) is 1. The van der Waals surface area contributed by atoms with Gasteiger partial charge in [-0.1, -0.05) is 0 Å². The lowest BCUT2D eigenvalue weighted by molar-refractivity contribution is 0.102. The molecule has 0 spiro atoms. The van der Waals surface area contributed by atoms with Crippen molar-refractivity contribution in [3.05, 3.63) is 70.6 Å². The highest BCUT2D eigenvalue weighted by molar-refractivity contribution is 6.05. The maximum atomic E-state index is 12.3. The summed E-state index contributed by atoms with van der Waals surface area (Å²) in [6.07, 6.45) is 0. The van der Waals surface area contributed by atoms with Crippen LogP contribution in [0.5, 0.6) is 0 Å². The molecule has 0 aliphatic heterocycles. The summed E-state index contributed by atoms with van der Waals surface area (Å²) in [5.41, 5.74) is 2.35. The van der Waals surface area contributed by atoms with Gasteiger partial charge in [-0.15, -0.1) is 0 Å². The Kier molecular flexibility index (Phi) is 3.85. The average molecular weight is 308 g/mol. The first kappa shape index (κ1) is 14.8. The Labute approximate surface area is 133 Å². The molecule has 5 heteroatoms. The van der Waals surface area contributed by atoms with E-state index in [2.05, 4.69) is 5.32 Å². The van der Waals surface area contributed by atoms with Crippen LogP contribution in [0, 0.1) is 0 Å². The van der Waals surface area contributed by atoms with Crippen molar-refractivity contribution >= 4 is 28.3 Å². The van der Waals surface area contributed by atoms with Gasteiger partial charge in [0.1, 0.15) is 5.58 Å². The average Bonchev–Trinajstić information content (AvgIpc) is 2.55. The second-order valence-electron chi connectivity index (χ2n) is 5.40. The number of benzene rings is 2. The second kappa shape index (κ2) is 5.96. The molecule has 0 saturated heterocycles. The second-order valence-corrected chi connectivity index (χ2v) is 5.40. The standard InChI is InChI=1S/C18H16N2O3/c1-20(2)15-7-3-12(4-8-15)18(22)19-14-6-9-16-13(11-14)5-10-17(21)23-16/h3-11H,1-2H3,(H,19,22). The van der Waals surface area contributed by atoms with E-state index in [-0.39, 0.29) is 5.91 Å². The first-order chi connectivity index (χ1) is 11.0. The number of hydrogen-bond acceptors (Lipinski definition) is 4. The van der Waals surface area contributed by atoms with Crippen molar-refractivity contribution in [1.29, 1.82) is 0 Å². The highest BCUT2D eigenvalue weighted by Gasteiger charge is 2.07. The summed E-state index contributed by atoms with van der Waals surface area (Å²) in [4.78, 5) is 25.4. The van der Waals surface area contributed by atoms with Gasteiger partial charge in [0.25, 0.3) is 5.91 Å². The van der Waals surface area contributed by atoms with E-state index >= 15 is 0 Å². The normalized spacial score (nSPS) is 10.5. The summed E-state index contributed by atoms with van der Waals surface area (Å²) in [6.45, 7) is 0. The van der Waals surface area contributed by atoms with E-state index in [1.165, 1.54) is 6.07 Å². The van der Waals surface area contributed by atoms with Gasteiger partial charge >= 0.3 is 5.63 Å². The van der Waals surface area contributed by atoms with Crippen molar-refractivity contribution in [3.63, 3.8) is 0 Å².